The standard InChI is InChI=1S/C20H27N3O3/c1-13-17(18(23-22-13)15-6-7-15)14-4-8-16(9-5-14)19(25)21-12-20(2,26)10-3-11-24/h4-5,8-9,15,24,26H,3,6-7,10-12H2,1-2H3,(H,21,25)(H,22,23). The van der Waals surface area contributed by atoms with Crippen LogP contribution >= 0.6 is 0 Å². The summed E-state index contributed by atoms with van der Waals surface area (Å²) in [5.74, 6) is 0.339. The normalized spacial score (nSPS) is 16.3. The van der Waals surface area contributed by atoms with E-state index in [0.717, 1.165) is 22.5 Å². The maximum Gasteiger partial charge on any atom is 0.251 e. The maximum atomic E-state index is 12.3. The first-order valence-corrected chi connectivity index (χ1v) is 9.18. The molecule has 6 nitrogen and oxygen atoms in total. The molecule has 3 rings (SSSR count). The zero-order valence-electron chi connectivity index (χ0n) is 15.4. The Morgan fingerprint density at radius 2 is 2.04 bits per heavy atom. The third kappa shape index (κ3) is 4.31. The molecular formula is C20H27N3O3. The monoisotopic (exact) mass is 357 g/mol. The van der Waals surface area contributed by atoms with E-state index in [-0.39, 0.29) is 19.1 Å². The first-order valence-electron chi connectivity index (χ1n) is 9.18. The number of carbonyl (C=O) groups is 1. The maximum absolute atomic E-state index is 12.3. The molecule has 1 aromatic carbocycles. The number of aromatic amines is 1. The van der Waals surface area contributed by atoms with Crippen molar-refractivity contribution in [1.29, 1.82) is 0 Å². The molecule has 0 bridgehead atoms. The second-order valence-electron chi connectivity index (χ2n) is 7.47. The second kappa shape index (κ2) is 7.60. The number of amides is 1. The number of aliphatic hydroxyl groups excluding tert-OH is 1. The average molecular weight is 357 g/mol. The van der Waals surface area contributed by atoms with Crippen molar-refractivity contribution in [2.24, 2.45) is 0 Å². The fourth-order valence-electron chi connectivity index (χ4n) is 3.17. The van der Waals surface area contributed by atoms with Crippen molar-refractivity contribution in [2.75, 3.05) is 13.2 Å². The molecule has 26 heavy (non-hydrogen) atoms. The molecule has 1 heterocycles. The number of aliphatic hydroxyl groups is 2. The highest BCUT2D eigenvalue weighted by Crippen LogP contribution is 2.44. The third-order valence-corrected chi connectivity index (χ3v) is 4.88. The van der Waals surface area contributed by atoms with Gasteiger partial charge in [-0.05, 0) is 57.2 Å². The van der Waals surface area contributed by atoms with Crippen LogP contribution in [0.1, 0.15) is 60.3 Å². The van der Waals surface area contributed by atoms with Gasteiger partial charge in [0.15, 0.2) is 0 Å². The highest BCUT2D eigenvalue weighted by atomic mass is 16.3. The fourth-order valence-corrected chi connectivity index (χ4v) is 3.17. The van der Waals surface area contributed by atoms with Crippen molar-refractivity contribution in [2.45, 2.75) is 51.0 Å². The zero-order valence-corrected chi connectivity index (χ0v) is 15.4. The molecule has 2 aromatic rings. The number of nitrogens with one attached hydrogen (secondary N) is 2. The van der Waals surface area contributed by atoms with Crippen LogP contribution in [0.25, 0.3) is 11.1 Å². The van der Waals surface area contributed by atoms with Crippen molar-refractivity contribution in [1.82, 2.24) is 15.5 Å². The van der Waals surface area contributed by atoms with Crippen LogP contribution in [-0.2, 0) is 0 Å². The smallest absolute Gasteiger partial charge is 0.251 e. The first kappa shape index (κ1) is 18.6. The van der Waals surface area contributed by atoms with Gasteiger partial charge in [-0.25, -0.2) is 0 Å². The molecule has 1 aliphatic rings. The summed E-state index contributed by atoms with van der Waals surface area (Å²) in [6.07, 6.45) is 3.32. The van der Waals surface area contributed by atoms with Gasteiger partial charge < -0.3 is 15.5 Å². The van der Waals surface area contributed by atoms with Gasteiger partial charge in [0.05, 0.1) is 11.3 Å². The van der Waals surface area contributed by atoms with E-state index in [1.807, 2.05) is 19.1 Å². The lowest BCUT2D eigenvalue weighted by Gasteiger charge is -2.23. The highest BCUT2D eigenvalue weighted by molar-refractivity contribution is 5.94. The third-order valence-electron chi connectivity index (χ3n) is 4.88. The van der Waals surface area contributed by atoms with Gasteiger partial charge in [-0.3, -0.25) is 9.89 Å². The molecule has 0 spiro atoms. The lowest BCUT2D eigenvalue weighted by molar-refractivity contribution is 0.0415. The molecule has 140 valence electrons. The summed E-state index contributed by atoms with van der Waals surface area (Å²) in [5.41, 5.74) is 3.91. The minimum Gasteiger partial charge on any atom is -0.396 e. The van der Waals surface area contributed by atoms with Crippen LogP contribution in [0.3, 0.4) is 0 Å². The SMILES string of the molecule is Cc1[nH]nc(C2CC2)c1-c1ccc(C(=O)NCC(C)(O)CCCO)cc1. The summed E-state index contributed by atoms with van der Waals surface area (Å²) in [6.45, 7) is 3.86. The Hall–Kier alpha value is -2.18. The Kier molecular flexibility index (Phi) is 5.44. The fraction of sp³-hybridized carbons (Fsp3) is 0.500. The first-order chi connectivity index (χ1) is 12.4. The van der Waals surface area contributed by atoms with Gasteiger partial charge in [0.2, 0.25) is 0 Å². The Balaban J connectivity index is 1.66. The second-order valence-corrected chi connectivity index (χ2v) is 7.47. The van der Waals surface area contributed by atoms with Gasteiger partial charge in [0, 0.05) is 35.9 Å². The molecule has 1 fully saturated rings. The summed E-state index contributed by atoms with van der Waals surface area (Å²) in [7, 11) is 0. The predicted octanol–water partition coefficient (Wildman–Crippen LogP) is 2.52. The van der Waals surface area contributed by atoms with Crippen LogP contribution in [0.4, 0.5) is 0 Å². The molecule has 1 amide bonds. The Morgan fingerprint density at radius 3 is 2.65 bits per heavy atom. The number of hydrogen-bond donors (Lipinski definition) is 4. The summed E-state index contributed by atoms with van der Waals surface area (Å²) < 4.78 is 0. The zero-order chi connectivity index (χ0) is 18.7. The lowest BCUT2D eigenvalue weighted by Crippen LogP contribution is -2.40. The largest absolute Gasteiger partial charge is 0.396 e. The van der Waals surface area contributed by atoms with E-state index in [1.165, 1.54) is 12.8 Å². The summed E-state index contributed by atoms with van der Waals surface area (Å²) in [5, 5.41) is 29.3. The molecule has 6 heteroatoms. The number of nitrogens with zero attached hydrogens (tertiary/aromatic N) is 1. The minimum absolute atomic E-state index is 0.0296. The predicted molar refractivity (Wildman–Crippen MR) is 100 cm³/mol. The van der Waals surface area contributed by atoms with Crippen molar-refractivity contribution in [3.63, 3.8) is 0 Å². The molecule has 1 aromatic heterocycles. The summed E-state index contributed by atoms with van der Waals surface area (Å²) in [4.78, 5) is 12.3. The van der Waals surface area contributed by atoms with Gasteiger partial charge in [-0.1, -0.05) is 12.1 Å². The van der Waals surface area contributed by atoms with Crippen molar-refractivity contribution >= 4 is 5.91 Å². The van der Waals surface area contributed by atoms with Crippen LogP contribution in [0, 0.1) is 6.92 Å². The van der Waals surface area contributed by atoms with Gasteiger partial charge in [-0.2, -0.15) is 5.10 Å². The van der Waals surface area contributed by atoms with Crippen molar-refractivity contribution in [3.05, 3.63) is 41.2 Å². The van der Waals surface area contributed by atoms with Gasteiger partial charge in [-0.15, -0.1) is 0 Å². The number of aryl methyl sites for hydroxylation is 1. The van der Waals surface area contributed by atoms with E-state index < -0.39 is 5.60 Å². The highest BCUT2D eigenvalue weighted by Gasteiger charge is 2.30. The van der Waals surface area contributed by atoms with E-state index in [0.29, 0.717) is 24.3 Å². The quantitative estimate of drug-likeness (QED) is 0.583. The van der Waals surface area contributed by atoms with E-state index in [1.54, 1.807) is 19.1 Å². The topological polar surface area (TPSA) is 98.2 Å². The van der Waals surface area contributed by atoms with E-state index in [4.69, 9.17) is 5.11 Å². The molecule has 0 saturated heterocycles. The van der Waals surface area contributed by atoms with Crippen LogP contribution in [0.2, 0.25) is 0 Å². The van der Waals surface area contributed by atoms with Gasteiger partial charge in [0.25, 0.3) is 5.91 Å². The number of hydrogen-bond acceptors (Lipinski definition) is 4. The van der Waals surface area contributed by atoms with Crippen LogP contribution < -0.4 is 5.32 Å². The Bertz CT molecular complexity index is 761. The summed E-state index contributed by atoms with van der Waals surface area (Å²) >= 11 is 0. The number of benzene rings is 1. The molecule has 1 atom stereocenters. The minimum atomic E-state index is -1.02. The molecule has 4 N–H and O–H groups in total. The van der Waals surface area contributed by atoms with Gasteiger partial charge in [0.1, 0.15) is 0 Å². The molecular weight excluding hydrogens is 330 g/mol. The van der Waals surface area contributed by atoms with E-state index >= 15 is 0 Å². The van der Waals surface area contributed by atoms with Crippen molar-refractivity contribution in [3.8, 4) is 11.1 Å². The Labute approximate surface area is 153 Å². The number of aromatic nitrogens is 2. The molecule has 0 radical (unpaired) electrons. The number of H-pyrrole nitrogens is 1. The molecule has 0 aliphatic heterocycles. The van der Waals surface area contributed by atoms with E-state index in [2.05, 4.69) is 15.5 Å². The lowest BCUT2D eigenvalue weighted by atomic mass is 9.99. The van der Waals surface area contributed by atoms with Crippen LogP contribution in [0.15, 0.2) is 24.3 Å². The number of rotatable bonds is 8. The molecule has 1 aliphatic carbocycles. The van der Waals surface area contributed by atoms with Crippen LogP contribution in [-0.4, -0.2) is 45.1 Å². The Morgan fingerprint density at radius 1 is 1.35 bits per heavy atom. The number of carbonyl (C=O) groups excluding carboxylic acids is 1. The molecule has 1 unspecified atom stereocenters. The van der Waals surface area contributed by atoms with Crippen molar-refractivity contribution < 1.29 is 15.0 Å². The summed E-state index contributed by atoms with van der Waals surface area (Å²) in [6, 6.07) is 7.50. The van der Waals surface area contributed by atoms with Crippen LogP contribution in [0.5, 0.6) is 0 Å². The van der Waals surface area contributed by atoms with E-state index in [9.17, 15) is 9.90 Å². The van der Waals surface area contributed by atoms with Gasteiger partial charge >= 0.3 is 0 Å². The average Bonchev–Trinajstić information content (AvgIpc) is 3.40. The molecule has 1 saturated carbocycles.